The van der Waals surface area contributed by atoms with Crippen molar-refractivity contribution in [3.05, 3.63) is 45.7 Å². The summed E-state index contributed by atoms with van der Waals surface area (Å²) in [6, 6.07) is 9.36. The highest BCUT2D eigenvalue weighted by Crippen LogP contribution is 2.31. The van der Waals surface area contributed by atoms with Crippen LogP contribution in [0.1, 0.15) is 24.2 Å². The highest BCUT2D eigenvalue weighted by atomic mass is 79.9. The van der Waals surface area contributed by atoms with Gasteiger partial charge in [0.05, 0.1) is 25.8 Å². The van der Waals surface area contributed by atoms with Crippen molar-refractivity contribution in [2.24, 2.45) is 0 Å². The molecule has 31 heavy (non-hydrogen) atoms. The maximum absolute atomic E-state index is 12.9. The average Bonchev–Trinajstić information content (AvgIpc) is 3.36. The van der Waals surface area contributed by atoms with Crippen LogP contribution in [0.2, 0.25) is 0 Å². The van der Waals surface area contributed by atoms with E-state index in [0.29, 0.717) is 5.89 Å². The summed E-state index contributed by atoms with van der Waals surface area (Å²) in [5.41, 5.74) is 0.265. The molecule has 1 N–H and O–H groups in total. The summed E-state index contributed by atoms with van der Waals surface area (Å²) in [7, 11) is -3.68. The summed E-state index contributed by atoms with van der Waals surface area (Å²) in [6.07, 6.45) is -0.365. The van der Waals surface area contributed by atoms with Crippen molar-refractivity contribution in [3.63, 3.8) is 0 Å². The fourth-order valence-corrected chi connectivity index (χ4v) is 6.12. The molecular formula is C19H19BrN4O5S2. The predicted molar refractivity (Wildman–Crippen MR) is 118 cm³/mol. The minimum atomic E-state index is -3.68. The largest absolute Gasteiger partial charge is 0.402 e. The highest BCUT2D eigenvalue weighted by molar-refractivity contribution is 9.11. The molecule has 1 aliphatic heterocycles. The Hall–Kier alpha value is -2.12. The standard InChI is InChI=1S/C19H19BrN4O5S2/c1-11-9-24(10-12(2)28-11)31(26,27)14-5-3-13(4-6-14)17(25)21-19-23-22-18(29-19)15-7-8-16(20)30-15/h3-8,11-12H,9-10H2,1-2H3,(H,21,23,25). The van der Waals surface area contributed by atoms with Crippen LogP contribution in [0.15, 0.2) is 49.5 Å². The van der Waals surface area contributed by atoms with Crippen LogP contribution in [0.5, 0.6) is 0 Å². The number of aromatic nitrogens is 2. The Kier molecular flexibility index (Phi) is 6.26. The van der Waals surface area contributed by atoms with E-state index in [-0.39, 0.29) is 41.8 Å². The van der Waals surface area contributed by atoms with E-state index in [4.69, 9.17) is 9.15 Å². The van der Waals surface area contributed by atoms with Gasteiger partial charge < -0.3 is 9.15 Å². The van der Waals surface area contributed by atoms with Crippen LogP contribution in [-0.4, -0.2) is 54.1 Å². The van der Waals surface area contributed by atoms with Gasteiger partial charge >= 0.3 is 6.01 Å². The summed E-state index contributed by atoms with van der Waals surface area (Å²) >= 11 is 4.79. The lowest BCUT2D eigenvalue weighted by molar-refractivity contribution is -0.0440. The van der Waals surface area contributed by atoms with E-state index in [1.54, 1.807) is 0 Å². The molecule has 1 fully saturated rings. The van der Waals surface area contributed by atoms with Crippen LogP contribution in [0, 0.1) is 0 Å². The second-order valence-electron chi connectivity index (χ2n) is 7.07. The number of morpholine rings is 1. The average molecular weight is 527 g/mol. The zero-order valence-electron chi connectivity index (χ0n) is 16.6. The molecule has 1 saturated heterocycles. The first-order chi connectivity index (χ1) is 14.7. The molecule has 12 heteroatoms. The van der Waals surface area contributed by atoms with Crippen LogP contribution < -0.4 is 5.32 Å². The zero-order valence-corrected chi connectivity index (χ0v) is 19.8. The van der Waals surface area contributed by atoms with Crippen LogP contribution in [-0.2, 0) is 14.8 Å². The molecule has 0 spiro atoms. The number of anilines is 1. The summed E-state index contributed by atoms with van der Waals surface area (Å²) in [6.45, 7) is 4.25. The van der Waals surface area contributed by atoms with Crippen LogP contribution in [0.4, 0.5) is 6.01 Å². The molecule has 0 bridgehead atoms. The van der Waals surface area contributed by atoms with Gasteiger partial charge in [-0.3, -0.25) is 10.1 Å². The Morgan fingerprint density at radius 3 is 2.42 bits per heavy atom. The van der Waals surface area contributed by atoms with Crippen molar-refractivity contribution in [1.82, 2.24) is 14.5 Å². The van der Waals surface area contributed by atoms with Gasteiger partial charge in [0.25, 0.3) is 11.8 Å². The monoisotopic (exact) mass is 526 g/mol. The first-order valence-electron chi connectivity index (χ1n) is 9.38. The maximum atomic E-state index is 12.9. The molecule has 1 aromatic carbocycles. The minimum absolute atomic E-state index is 0.0440. The van der Waals surface area contributed by atoms with E-state index in [1.807, 2.05) is 26.0 Å². The van der Waals surface area contributed by atoms with Crippen molar-refractivity contribution < 1.29 is 22.4 Å². The molecular weight excluding hydrogens is 508 g/mol. The number of nitrogens with one attached hydrogen (secondary N) is 1. The Bertz CT molecular complexity index is 1180. The summed E-state index contributed by atoms with van der Waals surface area (Å²) in [5.74, 6) is -0.193. The Balaban J connectivity index is 1.45. The number of sulfonamides is 1. The number of amides is 1. The van der Waals surface area contributed by atoms with E-state index >= 15 is 0 Å². The molecule has 3 aromatic rings. The van der Waals surface area contributed by atoms with Gasteiger partial charge in [0.15, 0.2) is 0 Å². The third-order valence-electron chi connectivity index (χ3n) is 4.57. The highest BCUT2D eigenvalue weighted by Gasteiger charge is 2.32. The van der Waals surface area contributed by atoms with E-state index in [1.165, 1.54) is 39.9 Å². The number of halogens is 1. The lowest BCUT2D eigenvalue weighted by Gasteiger charge is -2.34. The summed E-state index contributed by atoms with van der Waals surface area (Å²) < 4.78 is 39.3. The molecule has 164 valence electrons. The number of thiophene rings is 1. The number of hydrogen-bond acceptors (Lipinski definition) is 8. The van der Waals surface area contributed by atoms with Crippen LogP contribution in [0.25, 0.3) is 10.8 Å². The van der Waals surface area contributed by atoms with Crippen LogP contribution >= 0.6 is 27.3 Å². The van der Waals surface area contributed by atoms with Crippen molar-refractivity contribution in [2.75, 3.05) is 18.4 Å². The summed E-state index contributed by atoms with van der Waals surface area (Å²) in [5, 5.41) is 10.3. The fraction of sp³-hybridized carbons (Fsp3) is 0.316. The Labute approximate surface area is 191 Å². The zero-order chi connectivity index (χ0) is 22.2. The lowest BCUT2D eigenvalue weighted by atomic mass is 10.2. The summed E-state index contributed by atoms with van der Waals surface area (Å²) in [4.78, 5) is 13.4. The number of rotatable bonds is 5. The molecule has 3 heterocycles. The molecule has 1 aliphatic rings. The topological polar surface area (TPSA) is 115 Å². The number of hydrogen-bond donors (Lipinski definition) is 1. The molecule has 2 atom stereocenters. The third-order valence-corrected chi connectivity index (χ3v) is 8.03. The SMILES string of the molecule is CC1CN(S(=O)(=O)c2ccc(C(=O)Nc3nnc(-c4ccc(Br)s4)o3)cc2)CC(C)O1. The van der Waals surface area contributed by atoms with Gasteiger partial charge in [0, 0.05) is 18.7 Å². The number of carbonyl (C=O) groups excluding carboxylic acids is 1. The van der Waals surface area contributed by atoms with Crippen molar-refractivity contribution in [3.8, 4) is 10.8 Å². The van der Waals surface area contributed by atoms with Crippen molar-refractivity contribution in [2.45, 2.75) is 31.0 Å². The van der Waals surface area contributed by atoms with Crippen LogP contribution in [0.3, 0.4) is 0 Å². The Morgan fingerprint density at radius 1 is 1.13 bits per heavy atom. The molecule has 2 unspecified atom stereocenters. The molecule has 0 radical (unpaired) electrons. The normalized spacial score (nSPS) is 20.0. The van der Waals surface area contributed by atoms with Gasteiger partial charge in [-0.05, 0) is 66.2 Å². The molecule has 4 rings (SSSR count). The quantitative estimate of drug-likeness (QED) is 0.539. The maximum Gasteiger partial charge on any atom is 0.322 e. The number of nitrogens with zero attached hydrogens (tertiary/aromatic N) is 3. The number of benzene rings is 1. The predicted octanol–water partition coefficient (Wildman–Crippen LogP) is 3.61. The van der Waals surface area contributed by atoms with Crippen molar-refractivity contribution >= 4 is 49.2 Å². The molecule has 2 aromatic heterocycles. The third kappa shape index (κ3) is 4.88. The smallest absolute Gasteiger partial charge is 0.322 e. The lowest BCUT2D eigenvalue weighted by Crippen LogP contribution is -2.48. The van der Waals surface area contributed by atoms with Gasteiger partial charge in [0.2, 0.25) is 10.0 Å². The molecule has 1 amide bonds. The van der Waals surface area contributed by atoms with Gasteiger partial charge in [-0.2, -0.15) is 4.31 Å². The molecule has 0 saturated carbocycles. The fourth-order valence-electron chi connectivity index (χ4n) is 3.23. The second kappa shape index (κ2) is 8.79. The second-order valence-corrected chi connectivity index (χ2v) is 11.5. The molecule has 9 nitrogen and oxygen atoms in total. The minimum Gasteiger partial charge on any atom is -0.402 e. The first kappa shape index (κ1) is 22.1. The van der Waals surface area contributed by atoms with E-state index in [9.17, 15) is 13.2 Å². The first-order valence-corrected chi connectivity index (χ1v) is 12.4. The number of carbonyl (C=O) groups is 1. The van der Waals surface area contributed by atoms with E-state index < -0.39 is 15.9 Å². The van der Waals surface area contributed by atoms with E-state index in [2.05, 4.69) is 31.4 Å². The molecule has 0 aliphatic carbocycles. The van der Waals surface area contributed by atoms with Gasteiger partial charge in [-0.1, -0.05) is 5.10 Å². The van der Waals surface area contributed by atoms with E-state index in [0.717, 1.165) is 8.66 Å². The Morgan fingerprint density at radius 2 is 1.81 bits per heavy atom. The van der Waals surface area contributed by atoms with Crippen molar-refractivity contribution in [1.29, 1.82) is 0 Å². The van der Waals surface area contributed by atoms with Gasteiger partial charge in [-0.25, -0.2) is 8.42 Å². The van der Waals surface area contributed by atoms with Gasteiger partial charge in [-0.15, -0.1) is 16.4 Å². The number of ether oxygens (including phenoxy) is 1. The van der Waals surface area contributed by atoms with Gasteiger partial charge in [0.1, 0.15) is 0 Å².